The minimum absolute atomic E-state index is 0. The fourth-order valence-corrected chi connectivity index (χ4v) is 4.47. The van der Waals surface area contributed by atoms with Gasteiger partial charge in [-0.3, -0.25) is 4.99 Å². The summed E-state index contributed by atoms with van der Waals surface area (Å²) in [7, 11) is -1.66. The van der Waals surface area contributed by atoms with Crippen LogP contribution in [0.2, 0.25) is 0 Å². The van der Waals surface area contributed by atoms with E-state index >= 15 is 0 Å². The zero-order chi connectivity index (χ0) is 22.4. The Morgan fingerprint density at radius 1 is 1.32 bits per heavy atom. The Morgan fingerprint density at radius 2 is 1.97 bits per heavy atom. The summed E-state index contributed by atoms with van der Waals surface area (Å²) < 4.78 is 54.6. The summed E-state index contributed by atoms with van der Waals surface area (Å²) in [6, 6.07) is 6.75. The van der Waals surface area contributed by atoms with Gasteiger partial charge in [-0.1, -0.05) is 0 Å². The summed E-state index contributed by atoms with van der Waals surface area (Å²) in [4.78, 5) is 6.41. The van der Waals surface area contributed by atoms with Gasteiger partial charge in [-0.25, -0.2) is 13.1 Å². The van der Waals surface area contributed by atoms with Gasteiger partial charge < -0.3 is 20.3 Å². The first kappa shape index (κ1) is 27.6. The average molecular weight is 575 g/mol. The average Bonchev–Trinajstić information content (AvgIpc) is 2.63. The number of piperidine rings is 1. The maximum atomic E-state index is 12.3. The Labute approximate surface area is 200 Å². The smallest absolute Gasteiger partial charge is 0.387 e. The normalized spacial score (nSPS) is 17.8. The van der Waals surface area contributed by atoms with E-state index < -0.39 is 22.2 Å². The van der Waals surface area contributed by atoms with E-state index in [4.69, 9.17) is 0 Å². The van der Waals surface area contributed by atoms with Gasteiger partial charge in [0.2, 0.25) is 10.0 Å². The number of benzene rings is 1. The van der Waals surface area contributed by atoms with Crippen LogP contribution in [0.5, 0.6) is 5.75 Å². The van der Waals surface area contributed by atoms with Crippen molar-refractivity contribution in [1.82, 2.24) is 15.4 Å². The standard InChI is InChI=1S/C19H31F2N5O3S.HI/c1-19(2,25-30(4,27)28)13-23-18(22-3)24-14-6-5-11-26(12-14)15-7-9-16(10-8-15)29-17(20)21;/h7-10,14,17,25H,5-6,11-13H2,1-4H3,(H2,22,23,24);1H. The van der Waals surface area contributed by atoms with Gasteiger partial charge in [-0.15, -0.1) is 24.0 Å². The van der Waals surface area contributed by atoms with Gasteiger partial charge in [0.25, 0.3) is 0 Å². The van der Waals surface area contributed by atoms with E-state index in [-0.39, 0.29) is 35.8 Å². The molecule has 1 aromatic carbocycles. The molecule has 0 aromatic heterocycles. The van der Waals surface area contributed by atoms with Crippen LogP contribution in [0, 0.1) is 0 Å². The summed E-state index contributed by atoms with van der Waals surface area (Å²) in [5, 5.41) is 6.54. The molecule has 0 saturated carbocycles. The molecule has 1 aliphatic rings. The number of rotatable bonds is 8. The lowest BCUT2D eigenvalue weighted by molar-refractivity contribution is -0.0498. The van der Waals surface area contributed by atoms with E-state index in [2.05, 4.69) is 30.0 Å². The van der Waals surface area contributed by atoms with Crippen molar-refractivity contribution in [2.24, 2.45) is 4.99 Å². The molecule has 12 heteroatoms. The molecular weight excluding hydrogens is 543 g/mol. The molecule has 1 saturated heterocycles. The number of alkyl halides is 2. The number of hydrogen-bond donors (Lipinski definition) is 3. The fourth-order valence-electron chi connectivity index (χ4n) is 3.40. The number of nitrogens with zero attached hydrogens (tertiary/aromatic N) is 2. The second kappa shape index (κ2) is 12.0. The van der Waals surface area contributed by atoms with Crippen LogP contribution in [-0.4, -0.2) is 65.5 Å². The SMILES string of the molecule is CN=C(NCC(C)(C)NS(C)(=O)=O)NC1CCCN(c2ccc(OC(F)F)cc2)C1.I. The maximum Gasteiger partial charge on any atom is 0.387 e. The molecule has 178 valence electrons. The lowest BCUT2D eigenvalue weighted by Crippen LogP contribution is -2.56. The molecule has 1 unspecified atom stereocenters. The number of hydrogen-bond acceptors (Lipinski definition) is 5. The van der Waals surface area contributed by atoms with E-state index in [1.54, 1.807) is 33.0 Å². The third-order valence-electron chi connectivity index (χ3n) is 4.57. The highest BCUT2D eigenvalue weighted by atomic mass is 127. The topological polar surface area (TPSA) is 95.1 Å². The van der Waals surface area contributed by atoms with Crippen LogP contribution < -0.4 is 25.0 Å². The third-order valence-corrected chi connectivity index (χ3v) is 5.50. The van der Waals surface area contributed by atoms with Crippen LogP contribution in [0.25, 0.3) is 0 Å². The second-order valence-electron chi connectivity index (χ2n) is 7.99. The van der Waals surface area contributed by atoms with Gasteiger partial charge >= 0.3 is 6.61 Å². The zero-order valence-electron chi connectivity index (χ0n) is 18.2. The summed E-state index contributed by atoms with van der Waals surface area (Å²) in [5.74, 6) is 0.723. The van der Waals surface area contributed by atoms with Crippen molar-refractivity contribution in [3.05, 3.63) is 24.3 Å². The Hall–Kier alpha value is -1.41. The van der Waals surface area contributed by atoms with E-state index in [1.165, 1.54) is 12.1 Å². The predicted octanol–water partition coefficient (Wildman–Crippen LogP) is 2.37. The predicted molar refractivity (Wildman–Crippen MR) is 130 cm³/mol. The van der Waals surface area contributed by atoms with E-state index in [0.717, 1.165) is 37.9 Å². The molecule has 0 radical (unpaired) electrons. The van der Waals surface area contributed by atoms with Gasteiger partial charge in [0, 0.05) is 44.0 Å². The molecule has 0 aliphatic carbocycles. The van der Waals surface area contributed by atoms with E-state index in [0.29, 0.717) is 12.5 Å². The summed E-state index contributed by atoms with van der Waals surface area (Å²) in [5.41, 5.74) is 0.260. The van der Waals surface area contributed by atoms with Crippen LogP contribution in [-0.2, 0) is 10.0 Å². The van der Waals surface area contributed by atoms with Gasteiger partial charge in [0.15, 0.2) is 5.96 Å². The van der Waals surface area contributed by atoms with E-state index in [1.807, 2.05) is 0 Å². The second-order valence-corrected chi connectivity index (χ2v) is 9.73. The minimum Gasteiger partial charge on any atom is -0.435 e. The van der Waals surface area contributed by atoms with Crippen molar-refractivity contribution < 1.29 is 21.9 Å². The number of anilines is 1. The van der Waals surface area contributed by atoms with E-state index in [9.17, 15) is 17.2 Å². The molecule has 1 aromatic rings. The van der Waals surface area contributed by atoms with Crippen molar-refractivity contribution in [1.29, 1.82) is 0 Å². The first-order chi connectivity index (χ1) is 14.0. The molecule has 1 aliphatic heterocycles. The molecule has 0 spiro atoms. The monoisotopic (exact) mass is 575 g/mol. The first-order valence-corrected chi connectivity index (χ1v) is 11.6. The molecule has 8 nitrogen and oxygen atoms in total. The van der Waals surface area contributed by atoms with Crippen molar-refractivity contribution >= 4 is 45.6 Å². The highest BCUT2D eigenvalue weighted by Gasteiger charge is 2.24. The van der Waals surface area contributed by atoms with Crippen LogP contribution in [0.4, 0.5) is 14.5 Å². The van der Waals surface area contributed by atoms with Crippen LogP contribution >= 0.6 is 24.0 Å². The number of halogens is 3. The largest absolute Gasteiger partial charge is 0.435 e. The Bertz CT molecular complexity index is 822. The van der Waals surface area contributed by atoms with Gasteiger partial charge in [0.05, 0.1) is 6.26 Å². The quantitative estimate of drug-likeness (QED) is 0.251. The van der Waals surface area contributed by atoms with Crippen LogP contribution in [0.1, 0.15) is 26.7 Å². The number of ether oxygens (including phenoxy) is 1. The molecule has 1 atom stereocenters. The maximum absolute atomic E-state index is 12.3. The molecule has 31 heavy (non-hydrogen) atoms. The minimum atomic E-state index is -3.32. The zero-order valence-corrected chi connectivity index (χ0v) is 21.3. The molecule has 2 rings (SSSR count). The van der Waals surface area contributed by atoms with Crippen molar-refractivity contribution in [2.45, 2.75) is 44.9 Å². The summed E-state index contributed by atoms with van der Waals surface area (Å²) in [6.45, 7) is 2.69. The summed E-state index contributed by atoms with van der Waals surface area (Å²) >= 11 is 0. The highest BCUT2D eigenvalue weighted by Crippen LogP contribution is 2.23. The molecule has 1 fully saturated rings. The number of aliphatic imine (C=N–C) groups is 1. The first-order valence-electron chi connectivity index (χ1n) is 9.73. The summed E-state index contributed by atoms with van der Waals surface area (Å²) in [6.07, 6.45) is 3.05. The molecule has 1 heterocycles. The number of nitrogens with one attached hydrogen (secondary N) is 3. The highest BCUT2D eigenvalue weighted by molar-refractivity contribution is 14.0. The Balaban J connectivity index is 0.00000480. The molecule has 0 bridgehead atoms. The number of sulfonamides is 1. The molecule has 0 amide bonds. The Morgan fingerprint density at radius 3 is 2.52 bits per heavy atom. The van der Waals surface area contributed by atoms with Crippen LogP contribution in [0.3, 0.4) is 0 Å². The van der Waals surface area contributed by atoms with Gasteiger partial charge in [0.1, 0.15) is 5.75 Å². The van der Waals surface area contributed by atoms with Crippen LogP contribution in [0.15, 0.2) is 29.3 Å². The van der Waals surface area contributed by atoms with Crippen molar-refractivity contribution in [3.63, 3.8) is 0 Å². The Kier molecular flexibility index (Phi) is 10.7. The fraction of sp³-hybridized carbons (Fsp3) is 0.632. The van der Waals surface area contributed by atoms with Gasteiger partial charge in [-0.2, -0.15) is 8.78 Å². The number of guanidine groups is 1. The van der Waals surface area contributed by atoms with Crippen molar-refractivity contribution in [3.8, 4) is 5.75 Å². The van der Waals surface area contributed by atoms with Gasteiger partial charge in [-0.05, 0) is 51.0 Å². The lowest BCUT2D eigenvalue weighted by Gasteiger charge is -2.36. The van der Waals surface area contributed by atoms with Crippen molar-refractivity contribution in [2.75, 3.05) is 37.8 Å². The third kappa shape index (κ3) is 10.2. The lowest BCUT2D eigenvalue weighted by atomic mass is 10.0. The molecule has 3 N–H and O–H groups in total. The molecular formula is C19H32F2IN5O3S.